The third kappa shape index (κ3) is 4.60. The summed E-state index contributed by atoms with van der Waals surface area (Å²) in [6.07, 6.45) is 2.17. The van der Waals surface area contributed by atoms with E-state index in [9.17, 15) is 22.8 Å². The first-order valence-electron chi connectivity index (χ1n) is 10.00. The number of carbonyl (C=O) groups is 3. The molecule has 2 N–H and O–H groups in total. The molecule has 166 valence electrons. The molecule has 3 aliphatic rings. The molecule has 2 saturated heterocycles. The highest BCUT2D eigenvalue weighted by Crippen LogP contribution is 2.30. The van der Waals surface area contributed by atoms with Crippen LogP contribution in [0.1, 0.15) is 29.6 Å². The molecule has 0 aliphatic carbocycles. The van der Waals surface area contributed by atoms with Gasteiger partial charge in [-0.15, -0.1) is 0 Å². The molecule has 9 nitrogen and oxygen atoms in total. The van der Waals surface area contributed by atoms with Crippen LogP contribution >= 0.6 is 11.6 Å². The van der Waals surface area contributed by atoms with Crippen molar-refractivity contribution in [2.75, 3.05) is 30.0 Å². The Morgan fingerprint density at radius 2 is 1.90 bits per heavy atom. The smallest absolute Gasteiger partial charge is 0.279 e. The number of imide groups is 1. The number of amides is 3. The first-order valence-corrected chi connectivity index (χ1v) is 12.2. The number of hydrogen-bond acceptors (Lipinski definition) is 7. The van der Waals surface area contributed by atoms with Crippen LogP contribution in [0, 0.1) is 0 Å². The molecule has 0 radical (unpaired) electrons. The molecule has 31 heavy (non-hydrogen) atoms. The van der Waals surface area contributed by atoms with Crippen LogP contribution in [0.25, 0.3) is 0 Å². The van der Waals surface area contributed by atoms with Crippen molar-refractivity contribution >= 4 is 44.8 Å². The van der Waals surface area contributed by atoms with Gasteiger partial charge >= 0.3 is 0 Å². The summed E-state index contributed by atoms with van der Waals surface area (Å²) in [4.78, 5) is 38.4. The Labute approximate surface area is 184 Å². The number of nitrogens with one attached hydrogen (secondary N) is 2. The van der Waals surface area contributed by atoms with Crippen molar-refractivity contribution in [3.05, 3.63) is 40.6 Å². The molecular weight excluding hydrogens is 446 g/mol. The van der Waals surface area contributed by atoms with Gasteiger partial charge in [0.1, 0.15) is 10.7 Å². The van der Waals surface area contributed by atoms with Crippen molar-refractivity contribution in [2.24, 2.45) is 0 Å². The maximum atomic E-state index is 12.7. The normalized spacial score (nSPS) is 25.4. The highest BCUT2D eigenvalue weighted by Gasteiger charge is 2.45. The predicted molar refractivity (Wildman–Crippen MR) is 113 cm³/mol. The maximum Gasteiger partial charge on any atom is 0.279 e. The number of halogens is 1. The van der Waals surface area contributed by atoms with Gasteiger partial charge in [-0.05, 0) is 43.5 Å². The summed E-state index contributed by atoms with van der Waals surface area (Å²) in [5, 5.41) is 5.37. The number of rotatable bonds is 6. The topological polar surface area (TPSA) is 122 Å². The number of carbonyl (C=O) groups excluding carboxylic acids is 3. The molecule has 2 unspecified atom stereocenters. The first-order chi connectivity index (χ1) is 14.7. The summed E-state index contributed by atoms with van der Waals surface area (Å²) in [6.45, 7) is 1.17. The van der Waals surface area contributed by atoms with Gasteiger partial charge in [-0.1, -0.05) is 11.6 Å². The molecule has 1 aromatic rings. The van der Waals surface area contributed by atoms with Gasteiger partial charge in [-0.25, -0.2) is 8.42 Å². The highest BCUT2D eigenvalue weighted by molar-refractivity contribution is 7.91. The average Bonchev–Trinajstić information content (AvgIpc) is 3.43. The van der Waals surface area contributed by atoms with Crippen molar-refractivity contribution in [1.82, 2.24) is 10.2 Å². The van der Waals surface area contributed by atoms with Gasteiger partial charge in [0.25, 0.3) is 17.7 Å². The van der Waals surface area contributed by atoms with Crippen LogP contribution in [0.2, 0.25) is 0 Å². The minimum atomic E-state index is -3.27. The van der Waals surface area contributed by atoms with Crippen LogP contribution in [0.4, 0.5) is 5.69 Å². The number of hydrogen-bond donors (Lipinski definition) is 2. The van der Waals surface area contributed by atoms with Gasteiger partial charge in [0.15, 0.2) is 9.84 Å². The summed E-state index contributed by atoms with van der Waals surface area (Å²) in [7, 11) is -3.27. The zero-order valence-corrected chi connectivity index (χ0v) is 18.2. The van der Waals surface area contributed by atoms with E-state index < -0.39 is 27.7 Å². The van der Waals surface area contributed by atoms with E-state index in [4.69, 9.17) is 16.3 Å². The SMILES string of the molecule is O=C(NCC1CCCO1)c1ccc(NC2=C(Cl)C(=O)N(C3CCS(=O)(=O)C3)C2=O)cc1. The Morgan fingerprint density at radius 3 is 2.52 bits per heavy atom. The molecule has 0 aromatic heterocycles. The quantitative estimate of drug-likeness (QED) is 0.599. The molecule has 3 aliphatic heterocycles. The summed E-state index contributed by atoms with van der Waals surface area (Å²) in [6, 6.07) is 5.65. The Morgan fingerprint density at radius 1 is 1.16 bits per heavy atom. The van der Waals surface area contributed by atoms with Gasteiger partial charge in [0.2, 0.25) is 0 Å². The fourth-order valence-corrected chi connectivity index (χ4v) is 5.82. The van der Waals surface area contributed by atoms with Crippen molar-refractivity contribution in [1.29, 1.82) is 0 Å². The van der Waals surface area contributed by atoms with Gasteiger partial charge in [-0.3, -0.25) is 19.3 Å². The lowest BCUT2D eigenvalue weighted by Gasteiger charge is -2.21. The van der Waals surface area contributed by atoms with Gasteiger partial charge < -0.3 is 15.4 Å². The van der Waals surface area contributed by atoms with E-state index in [1.807, 2.05) is 0 Å². The largest absolute Gasteiger partial charge is 0.376 e. The summed E-state index contributed by atoms with van der Waals surface area (Å²) >= 11 is 6.08. The zero-order chi connectivity index (χ0) is 22.2. The second-order valence-corrected chi connectivity index (χ2v) is 10.4. The molecule has 1 aromatic carbocycles. The Hall–Kier alpha value is -2.43. The molecule has 0 spiro atoms. The number of benzene rings is 1. The molecule has 2 fully saturated rings. The lowest BCUT2D eigenvalue weighted by atomic mass is 10.1. The van der Waals surface area contributed by atoms with Crippen LogP contribution in [0.5, 0.6) is 0 Å². The minimum Gasteiger partial charge on any atom is -0.376 e. The molecule has 0 bridgehead atoms. The molecular formula is C20H22ClN3O6S. The molecule has 11 heteroatoms. The van der Waals surface area contributed by atoms with Gasteiger partial charge in [-0.2, -0.15) is 0 Å². The molecule has 4 rings (SSSR count). The van der Waals surface area contributed by atoms with Crippen LogP contribution in [-0.4, -0.2) is 67.8 Å². The minimum absolute atomic E-state index is 0.0442. The first kappa shape index (κ1) is 21.8. The van der Waals surface area contributed by atoms with Crippen molar-refractivity contribution in [2.45, 2.75) is 31.4 Å². The molecule has 2 atom stereocenters. The van der Waals surface area contributed by atoms with E-state index in [1.54, 1.807) is 24.3 Å². The number of sulfone groups is 1. The van der Waals surface area contributed by atoms with E-state index in [1.165, 1.54) is 0 Å². The zero-order valence-electron chi connectivity index (χ0n) is 16.6. The van der Waals surface area contributed by atoms with E-state index in [-0.39, 0.29) is 40.7 Å². The van der Waals surface area contributed by atoms with Crippen LogP contribution in [-0.2, 0) is 24.2 Å². The van der Waals surface area contributed by atoms with E-state index >= 15 is 0 Å². The van der Waals surface area contributed by atoms with Gasteiger partial charge in [0, 0.05) is 24.4 Å². The maximum absolute atomic E-state index is 12.7. The monoisotopic (exact) mass is 467 g/mol. The van der Waals surface area contributed by atoms with Gasteiger partial charge in [0.05, 0.1) is 23.7 Å². The third-order valence-electron chi connectivity index (χ3n) is 5.56. The Bertz CT molecular complexity index is 1050. The third-order valence-corrected chi connectivity index (χ3v) is 7.66. The fraction of sp³-hybridized carbons (Fsp3) is 0.450. The Kier molecular flexibility index (Phi) is 6.05. The lowest BCUT2D eigenvalue weighted by molar-refractivity contribution is -0.139. The lowest BCUT2D eigenvalue weighted by Crippen LogP contribution is -2.42. The number of anilines is 1. The van der Waals surface area contributed by atoms with Crippen molar-refractivity contribution < 1.29 is 27.5 Å². The van der Waals surface area contributed by atoms with Crippen LogP contribution < -0.4 is 10.6 Å². The highest BCUT2D eigenvalue weighted by atomic mass is 35.5. The van der Waals surface area contributed by atoms with Crippen LogP contribution in [0.3, 0.4) is 0 Å². The van der Waals surface area contributed by atoms with Crippen molar-refractivity contribution in [3.8, 4) is 0 Å². The number of ether oxygens (including phenoxy) is 1. The van der Waals surface area contributed by atoms with E-state index in [2.05, 4.69) is 10.6 Å². The van der Waals surface area contributed by atoms with E-state index in [0.717, 1.165) is 17.7 Å². The summed E-state index contributed by atoms with van der Waals surface area (Å²) in [5.41, 5.74) is 0.799. The molecule has 3 heterocycles. The molecule has 3 amide bonds. The van der Waals surface area contributed by atoms with Crippen LogP contribution in [0.15, 0.2) is 35.0 Å². The fourth-order valence-electron chi connectivity index (χ4n) is 3.90. The number of nitrogens with zero attached hydrogens (tertiary/aromatic N) is 1. The summed E-state index contributed by atoms with van der Waals surface area (Å²) in [5.74, 6) is -1.92. The Balaban J connectivity index is 1.39. The average molecular weight is 468 g/mol. The second-order valence-electron chi connectivity index (χ2n) is 7.77. The second kappa shape index (κ2) is 8.60. The summed E-state index contributed by atoms with van der Waals surface area (Å²) < 4.78 is 28.9. The predicted octanol–water partition coefficient (Wildman–Crippen LogP) is 1.01. The van der Waals surface area contributed by atoms with Crippen molar-refractivity contribution in [3.63, 3.8) is 0 Å². The molecule has 0 saturated carbocycles. The standard InChI is InChI=1S/C20H22ClN3O6S/c21-16-17(20(27)24(19(16)26)14-7-9-31(28,29)11-14)23-13-5-3-12(4-6-13)18(25)22-10-15-2-1-8-30-15/h3-6,14-15,23H,1-2,7-11H2,(H,22,25). The van der Waals surface area contributed by atoms with E-state index in [0.29, 0.717) is 24.4 Å².